The van der Waals surface area contributed by atoms with Crippen LogP contribution in [0.1, 0.15) is 46.0 Å². The number of aldehydes is 1. The Morgan fingerprint density at radius 3 is 2.74 bits per heavy atom. The summed E-state index contributed by atoms with van der Waals surface area (Å²) in [4.78, 5) is 47.3. The van der Waals surface area contributed by atoms with Gasteiger partial charge in [-0.15, -0.1) is 0 Å². The van der Waals surface area contributed by atoms with Gasteiger partial charge in [0.2, 0.25) is 18.2 Å². The fraction of sp³-hybridized carbons (Fsp3) is 0.750. The van der Waals surface area contributed by atoms with Gasteiger partial charge in [0.25, 0.3) is 0 Å². The molecule has 0 saturated carbocycles. The fourth-order valence-corrected chi connectivity index (χ4v) is 3.15. The highest BCUT2D eigenvalue weighted by Gasteiger charge is 2.31. The summed E-state index contributed by atoms with van der Waals surface area (Å²) in [5, 5.41) is 5.24. The molecule has 2 N–H and O–H groups in total. The molecule has 1 saturated heterocycles. The Hall–Kier alpha value is -1.92. The standard InChI is InChI=1S/C16H27N3O4/c1-12(2)19(15(22)10-17-11-21)14(6-4-8-20)9-13-5-3-7-18-16(13)23/h8,11-14H,3-7,9-10H2,1-2H3,(H,17,21)(H,18,23). The van der Waals surface area contributed by atoms with E-state index in [2.05, 4.69) is 10.6 Å². The van der Waals surface area contributed by atoms with Crippen LogP contribution in [0.25, 0.3) is 0 Å². The molecular formula is C16H27N3O4. The average molecular weight is 325 g/mol. The van der Waals surface area contributed by atoms with Gasteiger partial charge >= 0.3 is 0 Å². The predicted octanol–water partition coefficient (Wildman–Crippen LogP) is 0.233. The van der Waals surface area contributed by atoms with Crippen LogP contribution in [0.2, 0.25) is 0 Å². The van der Waals surface area contributed by atoms with Crippen molar-refractivity contribution >= 4 is 24.5 Å². The predicted molar refractivity (Wildman–Crippen MR) is 85.5 cm³/mol. The first kappa shape index (κ1) is 19.1. The van der Waals surface area contributed by atoms with E-state index in [-0.39, 0.29) is 36.4 Å². The van der Waals surface area contributed by atoms with Crippen LogP contribution in [-0.2, 0) is 19.2 Å². The van der Waals surface area contributed by atoms with Crippen molar-refractivity contribution in [3.05, 3.63) is 0 Å². The molecule has 23 heavy (non-hydrogen) atoms. The first-order valence-electron chi connectivity index (χ1n) is 8.20. The van der Waals surface area contributed by atoms with Gasteiger partial charge in [-0.1, -0.05) is 0 Å². The minimum absolute atomic E-state index is 0.0227. The summed E-state index contributed by atoms with van der Waals surface area (Å²) >= 11 is 0. The van der Waals surface area contributed by atoms with E-state index in [1.807, 2.05) is 13.8 Å². The number of nitrogens with zero attached hydrogens (tertiary/aromatic N) is 1. The summed E-state index contributed by atoms with van der Waals surface area (Å²) in [6.07, 6.45) is 4.47. The normalized spacial score (nSPS) is 18.9. The Kier molecular flexibility index (Phi) is 8.29. The SMILES string of the molecule is CC(C)N(C(=O)CNC=O)C(CCC=O)CC1CCCNC1=O. The van der Waals surface area contributed by atoms with Crippen LogP contribution >= 0.6 is 0 Å². The van der Waals surface area contributed by atoms with Gasteiger partial charge in [0.05, 0.1) is 6.54 Å². The van der Waals surface area contributed by atoms with Crippen molar-refractivity contribution in [1.29, 1.82) is 0 Å². The lowest BCUT2D eigenvalue weighted by Crippen LogP contribution is -2.50. The largest absolute Gasteiger partial charge is 0.356 e. The Labute approximate surface area is 137 Å². The topological polar surface area (TPSA) is 95.6 Å². The first-order valence-corrected chi connectivity index (χ1v) is 8.20. The lowest BCUT2D eigenvalue weighted by Gasteiger charge is -2.37. The molecule has 0 aromatic heterocycles. The molecule has 0 spiro atoms. The van der Waals surface area contributed by atoms with E-state index in [0.717, 1.165) is 19.1 Å². The third kappa shape index (κ3) is 6.00. The second-order valence-corrected chi connectivity index (χ2v) is 6.16. The van der Waals surface area contributed by atoms with Gasteiger partial charge in [0, 0.05) is 31.0 Å². The molecule has 1 heterocycles. The van der Waals surface area contributed by atoms with E-state index in [1.54, 1.807) is 4.90 Å². The maximum absolute atomic E-state index is 12.4. The smallest absolute Gasteiger partial charge is 0.242 e. The third-order valence-corrected chi connectivity index (χ3v) is 4.15. The van der Waals surface area contributed by atoms with Gasteiger partial charge in [-0.2, -0.15) is 0 Å². The van der Waals surface area contributed by atoms with Gasteiger partial charge in [-0.25, -0.2) is 0 Å². The molecule has 0 aromatic rings. The molecule has 0 aromatic carbocycles. The summed E-state index contributed by atoms with van der Waals surface area (Å²) < 4.78 is 0. The minimum atomic E-state index is -0.195. The van der Waals surface area contributed by atoms with Crippen LogP contribution in [0.3, 0.4) is 0 Å². The van der Waals surface area contributed by atoms with Gasteiger partial charge in [-0.3, -0.25) is 14.4 Å². The van der Waals surface area contributed by atoms with Crippen molar-refractivity contribution in [3.8, 4) is 0 Å². The van der Waals surface area contributed by atoms with Crippen molar-refractivity contribution in [3.63, 3.8) is 0 Å². The molecule has 1 aliphatic heterocycles. The van der Waals surface area contributed by atoms with Gasteiger partial charge in [0.1, 0.15) is 6.29 Å². The molecule has 0 aliphatic carbocycles. The van der Waals surface area contributed by atoms with Crippen molar-refractivity contribution in [1.82, 2.24) is 15.5 Å². The lowest BCUT2D eigenvalue weighted by molar-refractivity contribution is -0.137. The summed E-state index contributed by atoms with van der Waals surface area (Å²) in [7, 11) is 0. The highest BCUT2D eigenvalue weighted by molar-refractivity contribution is 5.81. The quantitative estimate of drug-likeness (QED) is 0.562. The van der Waals surface area contributed by atoms with Crippen LogP contribution in [0, 0.1) is 5.92 Å². The van der Waals surface area contributed by atoms with Crippen LogP contribution in [-0.4, -0.2) is 54.6 Å². The zero-order valence-electron chi connectivity index (χ0n) is 13.9. The van der Waals surface area contributed by atoms with Crippen molar-refractivity contribution < 1.29 is 19.2 Å². The molecule has 1 fully saturated rings. The monoisotopic (exact) mass is 325 g/mol. The Balaban J connectivity index is 2.85. The highest BCUT2D eigenvalue weighted by atomic mass is 16.2. The van der Waals surface area contributed by atoms with Crippen LogP contribution in [0.5, 0.6) is 0 Å². The second-order valence-electron chi connectivity index (χ2n) is 6.16. The first-order chi connectivity index (χ1) is 11.0. The number of nitrogens with one attached hydrogen (secondary N) is 2. The molecule has 0 bridgehead atoms. The highest BCUT2D eigenvalue weighted by Crippen LogP contribution is 2.24. The zero-order valence-corrected chi connectivity index (χ0v) is 13.9. The number of hydrogen-bond donors (Lipinski definition) is 2. The molecular weight excluding hydrogens is 298 g/mol. The molecule has 2 unspecified atom stereocenters. The van der Waals surface area contributed by atoms with Crippen molar-refractivity contribution in [2.24, 2.45) is 5.92 Å². The molecule has 7 heteroatoms. The molecule has 7 nitrogen and oxygen atoms in total. The molecule has 1 rings (SSSR count). The number of carbonyl (C=O) groups is 4. The van der Waals surface area contributed by atoms with Crippen molar-refractivity contribution in [2.75, 3.05) is 13.1 Å². The Morgan fingerprint density at radius 1 is 1.43 bits per heavy atom. The fourth-order valence-electron chi connectivity index (χ4n) is 3.15. The number of hydrogen-bond acceptors (Lipinski definition) is 4. The Bertz CT molecular complexity index is 426. The second kappa shape index (κ2) is 9.97. The van der Waals surface area contributed by atoms with E-state index >= 15 is 0 Å². The van der Waals surface area contributed by atoms with Crippen molar-refractivity contribution in [2.45, 2.75) is 58.0 Å². The average Bonchev–Trinajstić information content (AvgIpc) is 2.52. The van der Waals surface area contributed by atoms with Crippen LogP contribution in [0.15, 0.2) is 0 Å². The molecule has 130 valence electrons. The molecule has 3 amide bonds. The maximum Gasteiger partial charge on any atom is 0.242 e. The van der Waals surface area contributed by atoms with E-state index < -0.39 is 0 Å². The summed E-state index contributed by atoms with van der Waals surface area (Å²) in [5.74, 6) is -0.303. The van der Waals surface area contributed by atoms with Gasteiger partial charge < -0.3 is 20.3 Å². The Morgan fingerprint density at radius 2 is 2.17 bits per heavy atom. The zero-order chi connectivity index (χ0) is 17.2. The molecule has 2 atom stereocenters. The van der Waals surface area contributed by atoms with E-state index in [9.17, 15) is 19.2 Å². The summed E-state index contributed by atoms with van der Waals surface area (Å²) in [6, 6.07) is -0.255. The van der Waals surface area contributed by atoms with Gasteiger partial charge in [-0.05, 0) is 39.5 Å². The number of piperidine rings is 1. The molecule has 0 radical (unpaired) electrons. The van der Waals surface area contributed by atoms with Crippen LogP contribution in [0.4, 0.5) is 0 Å². The van der Waals surface area contributed by atoms with Gasteiger partial charge in [0.15, 0.2) is 0 Å². The minimum Gasteiger partial charge on any atom is -0.356 e. The van der Waals surface area contributed by atoms with E-state index in [0.29, 0.717) is 32.2 Å². The summed E-state index contributed by atoms with van der Waals surface area (Å²) in [6.45, 7) is 4.42. The third-order valence-electron chi connectivity index (χ3n) is 4.15. The molecule has 1 aliphatic rings. The lowest BCUT2D eigenvalue weighted by atomic mass is 9.89. The van der Waals surface area contributed by atoms with Crippen LogP contribution < -0.4 is 10.6 Å². The number of amides is 3. The maximum atomic E-state index is 12.4. The number of rotatable bonds is 10. The van der Waals surface area contributed by atoms with E-state index in [4.69, 9.17) is 0 Å². The summed E-state index contributed by atoms with van der Waals surface area (Å²) in [5.41, 5.74) is 0. The number of carbonyl (C=O) groups excluding carboxylic acids is 4. The van der Waals surface area contributed by atoms with E-state index in [1.165, 1.54) is 0 Å².